The standard InChI is InChI=1S/C20H26FN5O.HI/c1-22-20(24-10-13-27-19-6-3-9-23-15-19)25-17-7-11-26(12-8-17)18-5-2-4-16(21)14-18;/h2-6,9,14-15,17H,7-8,10-13H2,1H3,(H2,22,24,25);1H. The Bertz CT molecular complexity index is 738. The van der Waals surface area contributed by atoms with Crippen molar-refractivity contribution in [1.29, 1.82) is 0 Å². The second-order valence-electron chi connectivity index (χ2n) is 6.42. The first kappa shape index (κ1) is 22.2. The van der Waals surface area contributed by atoms with E-state index in [-0.39, 0.29) is 29.8 Å². The van der Waals surface area contributed by atoms with Gasteiger partial charge < -0.3 is 20.3 Å². The summed E-state index contributed by atoms with van der Waals surface area (Å²) in [6.45, 7) is 2.96. The third kappa shape index (κ3) is 6.81. The molecule has 1 aromatic heterocycles. The molecule has 0 bridgehead atoms. The average molecular weight is 499 g/mol. The fourth-order valence-corrected chi connectivity index (χ4v) is 3.11. The first-order valence-corrected chi connectivity index (χ1v) is 9.25. The molecule has 28 heavy (non-hydrogen) atoms. The number of benzene rings is 1. The van der Waals surface area contributed by atoms with Crippen LogP contribution in [0.3, 0.4) is 0 Å². The monoisotopic (exact) mass is 499 g/mol. The molecule has 1 aliphatic rings. The van der Waals surface area contributed by atoms with Crippen LogP contribution >= 0.6 is 24.0 Å². The first-order valence-electron chi connectivity index (χ1n) is 9.25. The van der Waals surface area contributed by atoms with Gasteiger partial charge in [0.25, 0.3) is 0 Å². The summed E-state index contributed by atoms with van der Waals surface area (Å²) in [4.78, 5) is 10.5. The van der Waals surface area contributed by atoms with E-state index in [1.807, 2.05) is 18.2 Å². The van der Waals surface area contributed by atoms with E-state index in [0.29, 0.717) is 19.2 Å². The molecule has 0 unspecified atom stereocenters. The zero-order chi connectivity index (χ0) is 18.9. The van der Waals surface area contributed by atoms with Crippen LogP contribution < -0.4 is 20.3 Å². The number of aromatic nitrogens is 1. The Balaban J connectivity index is 0.00000280. The number of nitrogens with zero attached hydrogens (tertiary/aromatic N) is 3. The zero-order valence-corrected chi connectivity index (χ0v) is 18.3. The average Bonchev–Trinajstić information content (AvgIpc) is 2.71. The molecule has 0 atom stereocenters. The van der Waals surface area contributed by atoms with Crippen molar-refractivity contribution in [3.05, 3.63) is 54.6 Å². The Morgan fingerprint density at radius 2 is 2.11 bits per heavy atom. The van der Waals surface area contributed by atoms with Crippen LogP contribution in [0, 0.1) is 5.82 Å². The number of nitrogens with one attached hydrogen (secondary N) is 2. The van der Waals surface area contributed by atoms with Crippen molar-refractivity contribution in [1.82, 2.24) is 15.6 Å². The SMILES string of the molecule is CN=C(NCCOc1cccnc1)NC1CCN(c2cccc(F)c2)CC1.I. The van der Waals surface area contributed by atoms with E-state index in [2.05, 4.69) is 25.5 Å². The summed E-state index contributed by atoms with van der Waals surface area (Å²) in [5.41, 5.74) is 0.948. The van der Waals surface area contributed by atoms with Crippen molar-refractivity contribution >= 4 is 35.6 Å². The third-order valence-electron chi connectivity index (χ3n) is 4.53. The molecule has 2 heterocycles. The van der Waals surface area contributed by atoms with E-state index >= 15 is 0 Å². The van der Waals surface area contributed by atoms with Crippen LogP contribution in [0.4, 0.5) is 10.1 Å². The van der Waals surface area contributed by atoms with Gasteiger partial charge >= 0.3 is 0 Å². The molecular weight excluding hydrogens is 472 g/mol. The molecule has 1 aromatic carbocycles. The van der Waals surface area contributed by atoms with Crippen molar-refractivity contribution in [2.24, 2.45) is 4.99 Å². The van der Waals surface area contributed by atoms with Gasteiger partial charge in [0.2, 0.25) is 0 Å². The van der Waals surface area contributed by atoms with E-state index in [9.17, 15) is 4.39 Å². The Labute approximate surface area is 182 Å². The minimum absolute atomic E-state index is 0. The van der Waals surface area contributed by atoms with Crippen LogP contribution in [0.25, 0.3) is 0 Å². The minimum Gasteiger partial charge on any atom is -0.490 e. The number of anilines is 1. The van der Waals surface area contributed by atoms with Crippen LogP contribution in [-0.2, 0) is 0 Å². The maximum atomic E-state index is 13.4. The van der Waals surface area contributed by atoms with E-state index in [1.165, 1.54) is 6.07 Å². The quantitative estimate of drug-likeness (QED) is 0.277. The molecule has 6 nitrogen and oxygen atoms in total. The fraction of sp³-hybridized carbons (Fsp3) is 0.400. The van der Waals surface area contributed by atoms with Crippen LogP contribution in [0.2, 0.25) is 0 Å². The summed E-state index contributed by atoms with van der Waals surface area (Å²) >= 11 is 0. The Morgan fingerprint density at radius 3 is 2.79 bits per heavy atom. The van der Waals surface area contributed by atoms with Crippen molar-refractivity contribution in [2.45, 2.75) is 18.9 Å². The van der Waals surface area contributed by atoms with Gasteiger partial charge in [-0.25, -0.2) is 4.39 Å². The molecule has 0 aliphatic carbocycles. The lowest BCUT2D eigenvalue weighted by Gasteiger charge is -2.34. The topological polar surface area (TPSA) is 61.8 Å². The Kier molecular flexibility index (Phi) is 9.26. The molecule has 0 saturated carbocycles. The number of pyridine rings is 1. The number of rotatable bonds is 6. The highest BCUT2D eigenvalue weighted by Gasteiger charge is 2.20. The van der Waals surface area contributed by atoms with Crippen LogP contribution in [0.15, 0.2) is 53.8 Å². The summed E-state index contributed by atoms with van der Waals surface area (Å²) in [6, 6.07) is 10.9. The highest BCUT2D eigenvalue weighted by atomic mass is 127. The van der Waals surface area contributed by atoms with Gasteiger partial charge in [-0.3, -0.25) is 9.98 Å². The van der Waals surface area contributed by atoms with Gasteiger partial charge in [-0.15, -0.1) is 24.0 Å². The van der Waals surface area contributed by atoms with E-state index in [0.717, 1.165) is 43.3 Å². The highest BCUT2D eigenvalue weighted by molar-refractivity contribution is 14.0. The normalized spacial score (nSPS) is 14.9. The lowest BCUT2D eigenvalue weighted by molar-refractivity contribution is 0.320. The minimum atomic E-state index is -0.189. The van der Waals surface area contributed by atoms with Gasteiger partial charge in [0.1, 0.15) is 18.2 Å². The Morgan fingerprint density at radius 1 is 1.29 bits per heavy atom. The molecule has 1 saturated heterocycles. The van der Waals surface area contributed by atoms with Gasteiger partial charge in [0.05, 0.1) is 12.7 Å². The van der Waals surface area contributed by atoms with Crippen LogP contribution in [0.5, 0.6) is 5.75 Å². The number of halogens is 2. The first-order chi connectivity index (χ1) is 13.2. The summed E-state index contributed by atoms with van der Waals surface area (Å²) in [7, 11) is 1.76. The zero-order valence-electron chi connectivity index (χ0n) is 16.0. The van der Waals surface area contributed by atoms with Crippen molar-refractivity contribution in [3.63, 3.8) is 0 Å². The fourth-order valence-electron chi connectivity index (χ4n) is 3.11. The molecule has 152 valence electrons. The van der Waals surface area contributed by atoms with Gasteiger partial charge in [-0.1, -0.05) is 6.07 Å². The number of aliphatic imine (C=N–C) groups is 1. The van der Waals surface area contributed by atoms with E-state index in [1.54, 1.807) is 31.6 Å². The molecule has 1 aliphatic heterocycles. The number of piperidine rings is 1. The maximum absolute atomic E-state index is 13.4. The van der Waals surface area contributed by atoms with Gasteiger partial charge in [0.15, 0.2) is 5.96 Å². The van der Waals surface area contributed by atoms with Crippen molar-refractivity contribution < 1.29 is 9.13 Å². The second kappa shape index (κ2) is 11.7. The molecule has 0 amide bonds. The maximum Gasteiger partial charge on any atom is 0.191 e. The predicted octanol–water partition coefficient (Wildman–Crippen LogP) is 3.05. The smallest absolute Gasteiger partial charge is 0.191 e. The molecular formula is C20H27FIN5O. The molecule has 2 N–H and O–H groups in total. The van der Waals surface area contributed by atoms with E-state index in [4.69, 9.17) is 4.74 Å². The summed E-state index contributed by atoms with van der Waals surface area (Å²) in [5, 5.41) is 6.73. The molecule has 2 aromatic rings. The van der Waals surface area contributed by atoms with Gasteiger partial charge in [-0.2, -0.15) is 0 Å². The van der Waals surface area contributed by atoms with E-state index < -0.39 is 0 Å². The second-order valence-corrected chi connectivity index (χ2v) is 6.42. The molecule has 8 heteroatoms. The molecule has 3 rings (SSSR count). The van der Waals surface area contributed by atoms with Crippen molar-refractivity contribution in [3.8, 4) is 5.75 Å². The number of ether oxygens (including phenoxy) is 1. The molecule has 0 spiro atoms. The summed E-state index contributed by atoms with van der Waals surface area (Å²) in [5.74, 6) is 1.34. The Hall–Kier alpha value is -2.10. The number of hydrogen-bond donors (Lipinski definition) is 2. The summed E-state index contributed by atoms with van der Waals surface area (Å²) < 4.78 is 19.0. The molecule has 1 fully saturated rings. The van der Waals surface area contributed by atoms with Gasteiger partial charge in [0, 0.05) is 38.1 Å². The highest BCUT2D eigenvalue weighted by Crippen LogP contribution is 2.20. The predicted molar refractivity (Wildman–Crippen MR) is 121 cm³/mol. The largest absolute Gasteiger partial charge is 0.490 e. The van der Waals surface area contributed by atoms with Crippen LogP contribution in [0.1, 0.15) is 12.8 Å². The summed E-state index contributed by atoms with van der Waals surface area (Å²) in [6.07, 6.45) is 5.36. The lowest BCUT2D eigenvalue weighted by Crippen LogP contribution is -2.49. The molecule has 0 radical (unpaired) electrons. The van der Waals surface area contributed by atoms with Crippen molar-refractivity contribution in [2.75, 3.05) is 38.2 Å². The number of guanidine groups is 1. The lowest BCUT2D eigenvalue weighted by atomic mass is 10.0. The third-order valence-corrected chi connectivity index (χ3v) is 4.53. The number of hydrogen-bond acceptors (Lipinski definition) is 4. The van der Waals surface area contributed by atoms with Gasteiger partial charge in [-0.05, 0) is 43.2 Å². The van der Waals surface area contributed by atoms with Crippen LogP contribution in [-0.4, -0.2) is 50.3 Å².